The zero-order valence-electron chi connectivity index (χ0n) is 15.1. The molecule has 146 valence electrons. The number of nitrogens with zero attached hydrogens (tertiary/aromatic N) is 2. The Morgan fingerprint density at radius 3 is 2.04 bits per heavy atom. The van der Waals surface area contributed by atoms with Crippen LogP contribution in [0.2, 0.25) is 0 Å². The van der Waals surface area contributed by atoms with Crippen molar-refractivity contribution in [3.63, 3.8) is 0 Å². The molecule has 2 aromatic rings. The van der Waals surface area contributed by atoms with Gasteiger partial charge in [-0.1, -0.05) is 18.2 Å². The van der Waals surface area contributed by atoms with Crippen molar-refractivity contribution < 1.29 is 27.1 Å². The van der Waals surface area contributed by atoms with E-state index in [-0.39, 0.29) is 17.9 Å². The van der Waals surface area contributed by atoms with E-state index in [1.807, 2.05) is 0 Å². The molecule has 0 aliphatic carbocycles. The van der Waals surface area contributed by atoms with E-state index in [0.717, 1.165) is 12.1 Å². The minimum absolute atomic E-state index is 0.00215. The highest BCUT2D eigenvalue weighted by molar-refractivity contribution is 5.83. The monoisotopic (exact) mass is 384 g/mol. The molecular formula is C19H20F4N2O2. The van der Waals surface area contributed by atoms with E-state index in [2.05, 4.69) is 4.74 Å². The lowest BCUT2D eigenvalue weighted by molar-refractivity contribution is -0.135. The first-order valence-corrected chi connectivity index (χ1v) is 8.09. The van der Waals surface area contributed by atoms with Gasteiger partial charge in [-0.2, -0.15) is 8.78 Å². The Kier molecular flexibility index (Phi) is 6.79. The molecule has 0 fully saturated rings. The number of hydrogen-bond acceptors (Lipinski definition) is 3. The second kappa shape index (κ2) is 8.85. The van der Waals surface area contributed by atoms with Crippen LogP contribution in [0.1, 0.15) is 17.2 Å². The molecule has 1 atom stereocenters. The Hall–Kier alpha value is -2.61. The molecule has 0 saturated carbocycles. The number of benzene rings is 2. The molecule has 2 rings (SSSR count). The molecule has 27 heavy (non-hydrogen) atoms. The van der Waals surface area contributed by atoms with E-state index in [4.69, 9.17) is 0 Å². The number of rotatable bonds is 7. The summed E-state index contributed by atoms with van der Waals surface area (Å²) in [5.74, 6) is -2.10. The summed E-state index contributed by atoms with van der Waals surface area (Å²) in [7, 11) is 4.61. The minimum atomic E-state index is -2.92. The van der Waals surface area contributed by atoms with Gasteiger partial charge < -0.3 is 9.64 Å². The van der Waals surface area contributed by atoms with Gasteiger partial charge >= 0.3 is 6.61 Å². The third-order valence-corrected chi connectivity index (χ3v) is 3.97. The van der Waals surface area contributed by atoms with E-state index < -0.39 is 30.2 Å². The standard InChI is InChI=1S/C19H20F4N2O2/c1-24(2)17(16-14(20)5-4-6-15(16)21)18(26)25(3)11-12-7-9-13(10-8-12)27-19(22)23/h4-10,17,19H,11H2,1-3H3/t17-/m1/s1. The summed E-state index contributed by atoms with van der Waals surface area (Å²) in [5, 5.41) is 0. The molecule has 8 heteroatoms. The van der Waals surface area contributed by atoms with Gasteiger partial charge in [0.25, 0.3) is 0 Å². The molecule has 4 nitrogen and oxygen atoms in total. The Morgan fingerprint density at radius 2 is 1.56 bits per heavy atom. The lowest BCUT2D eigenvalue weighted by Crippen LogP contribution is -2.39. The summed E-state index contributed by atoms with van der Waals surface area (Å²) in [6, 6.07) is 8.09. The van der Waals surface area contributed by atoms with Gasteiger partial charge in [0.15, 0.2) is 0 Å². The smallest absolute Gasteiger partial charge is 0.387 e. The molecule has 0 bridgehead atoms. The van der Waals surface area contributed by atoms with Crippen LogP contribution in [0.3, 0.4) is 0 Å². The van der Waals surface area contributed by atoms with Crippen molar-refractivity contribution in [2.45, 2.75) is 19.2 Å². The van der Waals surface area contributed by atoms with Gasteiger partial charge in [-0.25, -0.2) is 8.78 Å². The first-order chi connectivity index (χ1) is 12.7. The zero-order chi connectivity index (χ0) is 20.1. The van der Waals surface area contributed by atoms with Crippen molar-refractivity contribution in [3.8, 4) is 5.75 Å². The summed E-state index contributed by atoms with van der Waals surface area (Å²) in [5.41, 5.74) is 0.332. The molecule has 1 amide bonds. The van der Waals surface area contributed by atoms with E-state index in [0.29, 0.717) is 5.56 Å². The highest BCUT2D eigenvalue weighted by Gasteiger charge is 2.31. The second-order valence-electron chi connectivity index (χ2n) is 6.22. The Bertz CT molecular complexity index is 762. The number of carbonyl (C=O) groups excluding carboxylic acids is 1. The summed E-state index contributed by atoms with van der Waals surface area (Å²) in [4.78, 5) is 15.6. The lowest BCUT2D eigenvalue weighted by Gasteiger charge is -2.29. The number of halogens is 4. The third-order valence-electron chi connectivity index (χ3n) is 3.97. The summed E-state index contributed by atoms with van der Waals surface area (Å²) in [6.45, 7) is -2.79. The van der Waals surface area contributed by atoms with Gasteiger partial charge in [-0.15, -0.1) is 0 Å². The lowest BCUT2D eigenvalue weighted by atomic mass is 10.0. The first-order valence-electron chi connectivity index (χ1n) is 8.09. The maximum Gasteiger partial charge on any atom is 0.387 e. The highest BCUT2D eigenvalue weighted by Crippen LogP contribution is 2.27. The molecule has 0 saturated heterocycles. The zero-order valence-corrected chi connectivity index (χ0v) is 15.1. The number of ether oxygens (including phenoxy) is 1. The Balaban J connectivity index is 2.18. The van der Waals surface area contributed by atoms with Crippen molar-refractivity contribution in [3.05, 3.63) is 65.2 Å². The maximum atomic E-state index is 14.1. The molecule has 0 heterocycles. The van der Waals surface area contributed by atoms with Crippen LogP contribution in [0, 0.1) is 11.6 Å². The van der Waals surface area contributed by atoms with E-state index >= 15 is 0 Å². The number of carbonyl (C=O) groups is 1. The fourth-order valence-electron chi connectivity index (χ4n) is 2.71. The molecule has 0 N–H and O–H groups in total. The molecule has 0 aliphatic heterocycles. The fraction of sp³-hybridized carbons (Fsp3) is 0.316. The predicted molar refractivity (Wildman–Crippen MR) is 92.3 cm³/mol. The topological polar surface area (TPSA) is 32.8 Å². The molecule has 0 aromatic heterocycles. The van der Waals surface area contributed by atoms with Crippen molar-refractivity contribution in [2.75, 3.05) is 21.1 Å². The predicted octanol–water partition coefficient (Wildman–Crippen LogP) is 3.83. The third kappa shape index (κ3) is 5.19. The van der Waals surface area contributed by atoms with Crippen molar-refractivity contribution in [1.29, 1.82) is 0 Å². The molecule has 2 aromatic carbocycles. The van der Waals surface area contributed by atoms with Crippen LogP contribution in [0.5, 0.6) is 5.75 Å². The highest BCUT2D eigenvalue weighted by atomic mass is 19.3. The summed E-state index contributed by atoms with van der Waals surface area (Å²) in [6.07, 6.45) is 0. The first kappa shape index (κ1) is 20.7. The van der Waals surface area contributed by atoms with Gasteiger partial charge in [0, 0.05) is 13.6 Å². The van der Waals surface area contributed by atoms with Crippen molar-refractivity contribution in [2.24, 2.45) is 0 Å². The van der Waals surface area contributed by atoms with Crippen LogP contribution in [0.4, 0.5) is 17.6 Å². The average molecular weight is 384 g/mol. The Morgan fingerprint density at radius 1 is 1.00 bits per heavy atom. The number of hydrogen-bond donors (Lipinski definition) is 0. The van der Waals surface area contributed by atoms with Crippen LogP contribution in [-0.4, -0.2) is 43.5 Å². The molecular weight excluding hydrogens is 364 g/mol. The normalized spacial score (nSPS) is 12.3. The van der Waals surface area contributed by atoms with Gasteiger partial charge in [-0.05, 0) is 43.9 Å². The van der Waals surface area contributed by atoms with Crippen LogP contribution < -0.4 is 4.74 Å². The van der Waals surface area contributed by atoms with Crippen molar-refractivity contribution in [1.82, 2.24) is 9.80 Å². The van der Waals surface area contributed by atoms with Gasteiger partial charge in [-0.3, -0.25) is 9.69 Å². The van der Waals surface area contributed by atoms with Gasteiger partial charge in [0.05, 0.1) is 5.56 Å². The van der Waals surface area contributed by atoms with Crippen molar-refractivity contribution >= 4 is 5.91 Å². The molecule has 0 aliphatic rings. The Labute approximate surface area is 154 Å². The molecule has 0 spiro atoms. The van der Waals surface area contributed by atoms with Crippen LogP contribution in [-0.2, 0) is 11.3 Å². The average Bonchev–Trinajstić information content (AvgIpc) is 2.58. The molecule has 0 radical (unpaired) electrons. The summed E-state index contributed by atoms with van der Waals surface area (Å²) >= 11 is 0. The van der Waals surface area contributed by atoms with Gasteiger partial charge in [0.2, 0.25) is 5.91 Å². The number of alkyl halides is 2. The summed E-state index contributed by atoms with van der Waals surface area (Å²) < 4.78 is 56.9. The van der Waals surface area contributed by atoms with E-state index in [1.165, 1.54) is 47.2 Å². The van der Waals surface area contributed by atoms with Crippen LogP contribution in [0.25, 0.3) is 0 Å². The van der Waals surface area contributed by atoms with Crippen LogP contribution >= 0.6 is 0 Å². The SMILES string of the molecule is CN(Cc1ccc(OC(F)F)cc1)C(=O)[C@@H](c1c(F)cccc1F)N(C)C. The minimum Gasteiger partial charge on any atom is -0.435 e. The largest absolute Gasteiger partial charge is 0.435 e. The number of amides is 1. The van der Waals surface area contributed by atoms with E-state index in [1.54, 1.807) is 14.1 Å². The van der Waals surface area contributed by atoms with E-state index in [9.17, 15) is 22.4 Å². The fourth-order valence-corrected chi connectivity index (χ4v) is 2.71. The number of likely N-dealkylation sites (N-methyl/N-ethyl adjacent to an activating group) is 2. The van der Waals surface area contributed by atoms with Crippen LogP contribution in [0.15, 0.2) is 42.5 Å². The second-order valence-corrected chi connectivity index (χ2v) is 6.22. The maximum absolute atomic E-state index is 14.1. The quantitative estimate of drug-likeness (QED) is 0.681. The van der Waals surface area contributed by atoms with Gasteiger partial charge in [0.1, 0.15) is 23.4 Å². The molecule has 0 unspecified atom stereocenters.